The van der Waals surface area contributed by atoms with E-state index in [1.54, 1.807) is 12.1 Å². The van der Waals surface area contributed by atoms with Crippen molar-refractivity contribution in [2.75, 3.05) is 0 Å². The van der Waals surface area contributed by atoms with Crippen molar-refractivity contribution in [1.82, 2.24) is 4.98 Å². The first kappa shape index (κ1) is 14.6. The summed E-state index contributed by atoms with van der Waals surface area (Å²) in [7, 11) is 0. The summed E-state index contributed by atoms with van der Waals surface area (Å²) in [5.74, 6) is -0.455. The van der Waals surface area contributed by atoms with E-state index < -0.39 is 12.0 Å². The number of carbonyl (C=O) groups is 1. The van der Waals surface area contributed by atoms with Crippen LogP contribution >= 0.6 is 0 Å². The Bertz CT molecular complexity index is 930. The van der Waals surface area contributed by atoms with Crippen molar-refractivity contribution in [3.05, 3.63) is 81.5 Å². The molecule has 1 aliphatic carbocycles. The number of Topliss-reactive ketones (excluding diaryl/α,β-unsaturated/α-hetero) is 1. The second kappa shape index (κ2) is 5.60. The van der Waals surface area contributed by atoms with E-state index in [0.29, 0.717) is 12.0 Å². The second-order valence-electron chi connectivity index (χ2n) is 6.24. The van der Waals surface area contributed by atoms with Crippen molar-refractivity contribution in [2.45, 2.75) is 24.8 Å². The molecule has 5 heteroatoms. The minimum atomic E-state index is -0.772. The fourth-order valence-electron chi connectivity index (χ4n) is 3.74. The molecule has 24 heavy (non-hydrogen) atoms. The van der Waals surface area contributed by atoms with Gasteiger partial charge < -0.3 is 4.98 Å². The van der Waals surface area contributed by atoms with E-state index in [4.69, 9.17) is 0 Å². The molecular formula is C19H16N2O3. The van der Waals surface area contributed by atoms with Crippen molar-refractivity contribution in [1.29, 1.82) is 0 Å². The van der Waals surface area contributed by atoms with E-state index in [1.165, 1.54) is 0 Å². The lowest BCUT2D eigenvalue weighted by atomic mass is 9.77. The van der Waals surface area contributed by atoms with Crippen LogP contribution in [0.5, 0.6) is 0 Å². The highest BCUT2D eigenvalue weighted by Crippen LogP contribution is 2.40. The zero-order valence-corrected chi connectivity index (χ0v) is 12.9. The molecule has 0 unspecified atom stereocenters. The van der Waals surface area contributed by atoms with Crippen LogP contribution in [0.2, 0.25) is 0 Å². The zero-order valence-electron chi connectivity index (χ0n) is 12.9. The molecular weight excluding hydrogens is 304 g/mol. The molecule has 0 spiro atoms. The van der Waals surface area contributed by atoms with Gasteiger partial charge in [-0.3, -0.25) is 14.9 Å². The lowest BCUT2D eigenvalue weighted by molar-refractivity contribution is -0.526. The van der Waals surface area contributed by atoms with E-state index in [2.05, 4.69) is 4.98 Å². The van der Waals surface area contributed by atoms with Crippen LogP contribution in [0.1, 0.15) is 33.8 Å². The topological polar surface area (TPSA) is 76.0 Å². The lowest BCUT2D eigenvalue weighted by Gasteiger charge is -2.26. The number of H-pyrrole nitrogens is 1. The van der Waals surface area contributed by atoms with Crippen LogP contribution in [0.15, 0.2) is 54.7 Å². The summed E-state index contributed by atoms with van der Waals surface area (Å²) >= 11 is 0. The number of rotatable bonds is 4. The highest BCUT2D eigenvalue weighted by molar-refractivity contribution is 5.97. The Hall–Kier alpha value is -2.95. The zero-order chi connectivity index (χ0) is 16.7. The van der Waals surface area contributed by atoms with Gasteiger partial charge in [0.2, 0.25) is 6.04 Å². The first-order valence-corrected chi connectivity index (χ1v) is 7.96. The van der Waals surface area contributed by atoms with Crippen molar-refractivity contribution < 1.29 is 9.72 Å². The summed E-state index contributed by atoms with van der Waals surface area (Å²) in [5.41, 5.74) is 3.44. The minimum absolute atomic E-state index is 0.0524. The fraction of sp³-hybridized carbons (Fsp3) is 0.211. The maximum Gasteiger partial charge on any atom is 0.224 e. The van der Waals surface area contributed by atoms with Crippen LogP contribution in [-0.2, 0) is 6.42 Å². The molecule has 0 amide bonds. The smallest absolute Gasteiger partial charge is 0.224 e. The van der Waals surface area contributed by atoms with E-state index in [-0.39, 0.29) is 17.1 Å². The molecule has 0 saturated heterocycles. The number of hydrogen-bond donors (Lipinski definition) is 1. The molecule has 3 aromatic rings. The van der Waals surface area contributed by atoms with Crippen molar-refractivity contribution in [3.63, 3.8) is 0 Å². The number of aromatic nitrogens is 1. The van der Waals surface area contributed by atoms with Crippen LogP contribution in [0.4, 0.5) is 0 Å². The fourth-order valence-corrected chi connectivity index (χ4v) is 3.74. The maximum absolute atomic E-state index is 12.6. The van der Waals surface area contributed by atoms with Crippen LogP contribution in [0, 0.1) is 10.1 Å². The normalized spacial score (nSPS) is 19.3. The van der Waals surface area contributed by atoms with Gasteiger partial charge in [-0.25, -0.2) is 0 Å². The standard InChI is InChI=1S/C19H16N2O3/c22-18(12-5-2-1-3-6-12)10-15-14-7-4-8-16-19(14)13(11-20-16)9-17(15)21(23)24/h1-8,11,15,17,20H,9-10H2/t15-,17-/m1/s1. The highest BCUT2D eigenvalue weighted by atomic mass is 16.6. The number of nitro groups is 1. The molecule has 120 valence electrons. The Kier molecular flexibility index (Phi) is 3.41. The van der Waals surface area contributed by atoms with Crippen molar-refractivity contribution in [3.8, 4) is 0 Å². The van der Waals surface area contributed by atoms with E-state index in [0.717, 1.165) is 22.0 Å². The highest BCUT2D eigenvalue weighted by Gasteiger charge is 2.40. The van der Waals surface area contributed by atoms with Crippen LogP contribution in [0.3, 0.4) is 0 Å². The molecule has 1 N–H and O–H groups in total. The third-order valence-electron chi connectivity index (χ3n) is 4.88. The molecule has 2 atom stereocenters. The number of benzene rings is 2. The maximum atomic E-state index is 12.6. The SMILES string of the molecule is O=C(C[C@@H]1c2cccc3[nH]cc(c23)C[C@H]1[N+](=O)[O-])c1ccccc1. The Morgan fingerprint density at radius 2 is 1.96 bits per heavy atom. The van der Waals surface area contributed by atoms with Gasteiger partial charge in [0.05, 0.1) is 5.92 Å². The first-order chi connectivity index (χ1) is 11.6. The van der Waals surface area contributed by atoms with Gasteiger partial charge in [0.15, 0.2) is 5.78 Å². The second-order valence-corrected chi connectivity index (χ2v) is 6.24. The molecule has 1 aromatic heterocycles. The monoisotopic (exact) mass is 320 g/mol. The van der Waals surface area contributed by atoms with Crippen molar-refractivity contribution in [2.24, 2.45) is 0 Å². The van der Waals surface area contributed by atoms with Gasteiger partial charge in [-0.1, -0.05) is 42.5 Å². The largest absolute Gasteiger partial charge is 0.361 e. The predicted molar refractivity (Wildman–Crippen MR) is 90.9 cm³/mol. The number of nitrogens with zero attached hydrogens (tertiary/aromatic N) is 1. The molecule has 2 aromatic carbocycles. The van der Waals surface area contributed by atoms with Gasteiger partial charge in [-0.05, 0) is 17.2 Å². The van der Waals surface area contributed by atoms with Gasteiger partial charge in [-0.15, -0.1) is 0 Å². The molecule has 1 aliphatic rings. The Morgan fingerprint density at radius 3 is 2.71 bits per heavy atom. The minimum Gasteiger partial charge on any atom is -0.361 e. The predicted octanol–water partition coefficient (Wildman–Crippen LogP) is 3.73. The number of aromatic amines is 1. The number of nitrogens with one attached hydrogen (secondary N) is 1. The molecule has 0 saturated carbocycles. The summed E-state index contributed by atoms with van der Waals surface area (Å²) in [6.45, 7) is 0. The number of ketones is 1. The molecule has 1 heterocycles. The summed E-state index contributed by atoms with van der Waals surface area (Å²) in [6, 6.07) is 14.0. The third kappa shape index (κ3) is 2.29. The van der Waals surface area contributed by atoms with Crippen LogP contribution < -0.4 is 0 Å². The third-order valence-corrected chi connectivity index (χ3v) is 4.88. The Morgan fingerprint density at radius 1 is 1.17 bits per heavy atom. The molecule has 0 fully saturated rings. The molecule has 0 aliphatic heterocycles. The summed E-state index contributed by atoms with van der Waals surface area (Å²) in [4.78, 5) is 27.2. The average Bonchev–Trinajstić information content (AvgIpc) is 3.02. The van der Waals surface area contributed by atoms with Crippen LogP contribution in [-0.4, -0.2) is 21.7 Å². The summed E-state index contributed by atoms with van der Waals surface area (Å²) < 4.78 is 0. The van der Waals surface area contributed by atoms with E-state index >= 15 is 0 Å². The Balaban J connectivity index is 1.77. The lowest BCUT2D eigenvalue weighted by Crippen LogP contribution is -2.34. The van der Waals surface area contributed by atoms with Crippen molar-refractivity contribution >= 4 is 16.7 Å². The molecule has 4 rings (SSSR count). The average molecular weight is 320 g/mol. The molecule has 0 radical (unpaired) electrons. The van der Waals surface area contributed by atoms with Gasteiger partial charge in [0.25, 0.3) is 0 Å². The quantitative estimate of drug-likeness (QED) is 0.452. The number of hydrogen-bond acceptors (Lipinski definition) is 3. The van der Waals surface area contributed by atoms with E-state index in [1.807, 2.05) is 42.6 Å². The van der Waals surface area contributed by atoms with Gasteiger partial charge in [-0.2, -0.15) is 0 Å². The van der Waals surface area contributed by atoms with Gasteiger partial charge >= 0.3 is 0 Å². The molecule has 5 nitrogen and oxygen atoms in total. The first-order valence-electron chi connectivity index (χ1n) is 7.96. The summed E-state index contributed by atoms with van der Waals surface area (Å²) in [6.07, 6.45) is 2.36. The van der Waals surface area contributed by atoms with E-state index in [9.17, 15) is 14.9 Å². The Labute approximate surface area is 138 Å². The summed E-state index contributed by atoms with van der Waals surface area (Å²) in [5, 5.41) is 12.7. The van der Waals surface area contributed by atoms with Gasteiger partial charge in [0.1, 0.15) is 0 Å². The van der Waals surface area contributed by atoms with Gasteiger partial charge in [0, 0.05) is 40.4 Å². The molecule has 0 bridgehead atoms. The number of carbonyl (C=O) groups excluding carboxylic acids is 1. The van der Waals surface area contributed by atoms with Crippen LogP contribution in [0.25, 0.3) is 10.9 Å².